The van der Waals surface area contributed by atoms with Gasteiger partial charge in [0.05, 0.1) is 0 Å². The predicted molar refractivity (Wildman–Crippen MR) is 168 cm³/mol. The second kappa shape index (κ2) is 12.3. The Balaban J connectivity index is 1.28. The number of hydrogen-bond donors (Lipinski definition) is 0. The highest BCUT2D eigenvalue weighted by atomic mass is 16.6. The van der Waals surface area contributed by atoms with E-state index in [1.807, 2.05) is 60.7 Å². The summed E-state index contributed by atoms with van der Waals surface area (Å²) in [6, 6.07) is 23.7. The molecule has 2 aliphatic heterocycles. The Morgan fingerprint density at radius 2 is 1.05 bits per heavy atom. The molecule has 0 radical (unpaired) electrons. The standard InChI is InChI=1S/C36H36N4O4/c1-3-19-35(31-11-7-5-9-27(31)25-39(35)29-15-21-37-22-16-29)43-33(41)13-14-34(42)44-36(20-4-2)32-12-8-6-10-28(32)26-40(36)30-17-23-38-24-18-30/h5-18,21-24H,3-4,19-20,25-26H2,1-2H3/b14-13-. The Kier molecular flexibility index (Phi) is 8.15. The number of fused-ring (bicyclic) bond motifs is 2. The summed E-state index contributed by atoms with van der Waals surface area (Å²) >= 11 is 0. The van der Waals surface area contributed by atoms with E-state index >= 15 is 0 Å². The molecule has 224 valence electrons. The van der Waals surface area contributed by atoms with Crippen molar-refractivity contribution in [1.82, 2.24) is 9.97 Å². The van der Waals surface area contributed by atoms with Gasteiger partial charge in [0.25, 0.3) is 0 Å². The van der Waals surface area contributed by atoms with E-state index in [9.17, 15) is 9.59 Å². The number of rotatable bonds is 10. The molecule has 0 spiro atoms. The second-order valence-electron chi connectivity index (χ2n) is 11.1. The van der Waals surface area contributed by atoms with Crippen molar-refractivity contribution in [1.29, 1.82) is 0 Å². The number of anilines is 2. The predicted octanol–water partition coefficient (Wildman–Crippen LogP) is 6.77. The highest BCUT2D eigenvalue weighted by Crippen LogP contribution is 2.47. The van der Waals surface area contributed by atoms with Crippen LogP contribution in [0.15, 0.2) is 110 Å². The Morgan fingerprint density at radius 1 is 0.659 bits per heavy atom. The minimum absolute atomic E-state index is 0.577. The molecule has 6 rings (SSSR count). The van der Waals surface area contributed by atoms with Gasteiger partial charge in [0.15, 0.2) is 0 Å². The third-order valence-corrected chi connectivity index (χ3v) is 8.43. The SMILES string of the molecule is CCCC1(OC(=O)/C=C\C(=O)OC2(CCC)c3ccccc3CN2c2ccncc2)c2ccccc2CN1c1ccncc1. The zero-order chi connectivity index (χ0) is 30.6. The normalized spacial score (nSPS) is 20.4. The smallest absolute Gasteiger partial charge is 0.333 e. The number of hydrogen-bond acceptors (Lipinski definition) is 8. The summed E-state index contributed by atoms with van der Waals surface area (Å²) in [6.07, 6.45) is 12.0. The number of esters is 2. The average Bonchev–Trinajstić information content (AvgIpc) is 3.54. The van der Waals surface area contributed by atoms with Crippen LogP contribution >= 0.6 is 0 Å². The van der Waals surface area contributed by atoms with Gasteiger partial charge in [-0.3, -0.25) is 9.97 Å². The van der Waals surface area contributed by atoms with Crippen LogP contribution in [0.2, 0.25) is 0 Å². The molecule has 0 saturated carbocycles. The molecule has 0 aliphatic carbocycles. The molecule has 0 bridgehead atoms. The van der Waals surface area contributed by atoms with Crippen LogP contribution < -0.4 is 9.80 Å². The summed E-state index contributed by atoms with van der Waals surface area (Å²) in [4.78, 5) is 39.6. The van der Waals surface area contributed by atoms with Gasteiger partial charge >= 0.3 is 11.9 Å². The van der Waals surface area contributed by atoms with E-state index < -0.39 is 23.4 Å². The molecule has 2 aromatic carbocycles. The molecule has 0 fully saturated rings. The minimum atomic E-state index is -1.02. The van der Waals surface area contributed by atoms with E-state index in [0.29, 0.717) is 25.9 Å². The van der Waals surface area contributed by atoms with Gasteiger partial charge in [-0.05, 0) is 35.4 Å². The third kappa shape index (κ3) is 5.21. The van der Waals surface area contributed by atoms with Crippen molar-refractivity contribution >= 4 is 23.3 Å². The van der Waals surface area contributed by atoms with Crippen molar-refractivity contribution in [3.05, 3.63) is 132 Å². The molecule has 44 heavy (non-hydrogen) atoms. The Labute approximate surface area is 258 Å². The van der Waals surface area contributed by atoms with Gasteiger partial charge in [-0.15, -0.1) is 0 Å². The van der Waals surface area contributed by atoms with Crippen LogP contribution in [0.25, 0.3) is 0 Å². The number of benzene rings is 2. The first kappa shape index (κ1) is 29.1. The average molecular weight is 589 g/mol. The summed E-state index contributed by atoms with van der Waals surface area (Å²) in [5.74, 6) is -1.23. The zero-order valence-electron chi connectivity index (χ0n) is 25.1. The van der Waals surface area contributed by atoms with Crippen molar-refractivity contribution < 1.29 is 19.1 Å². The van der Waals surface area contributed by atoms with Crippen LogP contribution in [0, 0.1) is 0 Å². The monoisotopic (exact) mass is 588 g/mol. The summed E-state index contributed by atoms with van der Waals surface area (Å²) in [6.45, 7) is 5.30. The van der Waals surface area contributed by atoms with E-state index in [4.69, 9.17) is 9.47 Å². The number of nitrogens with zero attached hydrogens (tertiary/aromatic N) is 4. The molecule has 2 aromatic heterocycles. The van der Waals surface area contributed by atoms with Gasteiger partial charge in [0.1, 0.15) is 0 Å². The Hall–Kier alpha value is -4.98. The molecule has 0 N–H and O–H groups in total. The fraction of sp³-hybridized carbons (Fsp3) is 0.278. The molecule has 4 heterocycles. The summed E-state index contributed by atoms with van der Waals surface area (Å²) in [5.41, 5.74) is 3.82. The van der Waals surface area contributed by atoms with Crippen LogP contribution in [0.4, 0.5) is 11.4 Å². The number of carbonyl (C=O) groups excluding carboxylic acids is 2. The maximum atomic E-state index is 13.5. The lowest BCUT2D eigenvalue weighted by atomic mass is 9.96. The quantitative estimate of drug-likeness (QED) is 0.148. The lowest BCUT2D eigenvalue weighted by molar-refractivity contribution is -0.158. The topological polar surface area (TPSA) is 84.9 Å². The molecule has 0 saturated heterocycles. The highest BCUT2D eigenvalue weighted by molar-refractivity contribution is 5.92. The molecular weight excluding hydrogens is 552 g/mol. The molecule has 2 atom stereocenters. The maximum absolute atomic E-state index is 13.5. The third-order valence-electron chi connectivity index (χ3n) is 8.43. The second-order valence-corrected chi connectivity index (χ2v) is 11.1. The van der Waals surface area contributed by atoms with Gasteiger partial charge in [-0.1, -0.05) is 75.2 Å². The van der Waals surface area contributed by atoms with Gasteiger partial charge < -0.3 is 19.3 Å². The number of ether oxygens (including phenoxy) is 2. The summed E-state index contributed by atoms with van der Waals surface area (Å²) in [7, 11) is 0. The highest BCUT2D eigenvalue weighted by Gasteiger charge is 2.49. The van der Waals surface area contributed by atoms with Crippen molar-refractivity contribution in [2.75, 3.05) is 9.80 Å². The first-order valence-electron chi connectivity index (χ1n) is 15.2. The van der Waals surface area contributed by atoms with Crippen molar-refractivity contribution in [3.63, 3.8) is 0 Å². The van der Waals surface area contributed by atoms with Crippen LogP contribution in [0.1, 0.15) is 61.8 Å². The first-order valence-corrected chi connectivity index (χ1v) is 15.2. The van der Waals surface area contributed by atoms with Gasteiger partial charge in [0.2, 0.25) is 11.4 Å². The van der Waals surface area contributed by atoms with Crippen LogP contribution in [0.3, 0.4) is 0 Å². The largest absolute Gasteiger partial charge is 0.431 e. The molecule has 8 nitrogen and oxygen atoms in total. The maximum Gasteiger partial charge on any atom is 0.333 e. The summed E-state index contributed by atoms with van der Waals surface area (Å²) in [5, 5.41) is 0. The van der Waals surface area contributed by atoms with Crippen molar-refractivity contribution in [3.8, 4) is 0 Å². The number of carbonyl (C=O) groups is 2. The fourth-order valence-electron chi connectivity index (χ4n) is 6.69. The molecular formula is C36H36N4O4. The van der Waals surface area contributed by atoms with Crippen LogP contribution in [-0.4, -0.2) is 21.9 Å². The Bertz CT molecular complexity index is 1540. The van der Waals surface area contributed by atoms with E-state index in [1.54, 1.807) is 24.8 Å². The minimum Gasteiger partial charge on any atom is -0.431 e. The lowest BCUT2D eigenvalue weighted by Gasteiger charge is -2.40. The van der Waals surface area contributed by atoms with Crippen LogP contribution in [-0.2, 0) is 43.6 Å². The fourth-order valence-corrected chi connectivity index (χ4v) is 6.69. The Morgan fingerprint density at radius 3 is 1.43 bits per heavy atom. The van der Waals surface area contributed by atoms with E-state index in [2.05, 4.69) is 45.7 Å². The van der Waals surface area contributed by atoms with E-state index in [0.717, 1.165) is 46.5 Å². The van der Waals surface area contributed by atoms with E-state index in [1.165, 1.54) is 12.2 Å². The number of pyridine rings is 2. The number of aromatic nitrogens is 2. The molecule has 4 aromatic rings. The first-order chi connectivity index (χ1) is 21.5. The van der Waals surface area contributed by atoms with Crippen molar-refractivity contribution in [2.24, 2.45) is 0 Å². The molecule has 8 heteroatoms. The van der Waals surface area contributed by atoms with Gasteiger partial charge in [-0.25, -0.2) is 9.59 Å². The van der Waals surface area contributed by atoms with Gasteiger partial charge in [-0.2, -0.15) is 0 Å². The van der Waals surface area contributed by atoms with Gasteiger partial charge in [0, 0.05) is 85.4 Å². The van der Waals surface area contributed by atoms with E-state index in [-0.39, 0.29) is 0 Å². The summed E-state index contributed by atoms with van der Waals surface area (Å²) < 4.78 is 12.7. The van der Waals surface area contributed by atoms with Crippen LogP contribution in [0.5, 0.6) is 0 Å². The molecule has 0 amide bonds. The van der Waals surface area contributed by atoms with Crippen molar-refractivity contribution in [2.45, 2.75) is 64.1 Å². The molecule has 2 unspecified atom stereocenters. The molecule has 2 aliphatic rings. The zero-order valence-corrected chi connectivity index (χ0v) is 25.1. The lowest BCUT2D eigenvalue weighted by Crippen LogP contribution is -2.45.